The molecule has 6 heteroatoms. The maximum atomic E-state index is 5.76. The third kappa shape index (κ3) is 2.95. The number of hydrogen-bond acceptors (Lipinski definition) is 4. The highest BCUT2D eigenvalue weighted by molar-refractivity contribution is 9.10. The molecule has 0 aromatic carbocycles. The summed E-state index contributed by atoms with van der Waals surface area (Å²) >= 11 is 9.06. The van der Waals surface area contributed by atoms with Crippen LogP contribution in [0.25, 0.3) is 0 Å². The fourth-order valence-electron chi connectivity index (χ4n) is 0.956. The van der Waals surface area contributed by atoms with Crippen molar-refractivity contribution in [3.8, 4) is 5.88 Å². The number of nitrogens with zero attached hydrogens (tertiary/aromatic N) is 3. The van der Waals surface area contributed by atoms with Gasteiger partial charge in [-0.15, -0.1) is 11.6 Å². The Hall–Kier alpha value is -0.550. The summed E-state index contributed by atoms with van der Waals surface area (Å²) in [6, 6.07) is 0.178. The van der Waals surface area contributed by atoms with Gasteiger partial charge in [-0.05, 0) is 22.9 Å². The molecule has 4 nitrogen and oxygen atoms in total. The first-order valence-corrected chi connectivity index (χ1v) is 5.78. The van der Waals surface area contributed by atoms with Crippen LogP contribution in [0.4, 0.5) is 5.95 Å². The van der Waals surface area contributed by atoms with Gasteiger partial charge in [-0.2, -0.15) is 4.98 Å². The van der Waals surface area contributed by atoms with Crippen molar-refractivity contribution in [2.24, 2.45) is 0 Å². The highest BCUT2D eigenvalue weighted by Gasteiger charge is 2.13. The summed E-state index contributed by atoms with van der Waals surface area (Å²) in [5.41, 5.74) is 0. The van der Waals surface area contributed by atoms with E-state index in [0.717, 1.165) is 4.47 Å². The van der Waals surface area contributed by atoms with E-state index in [1.807, 2.05) is 18.9 Å². The summed E-state index contributed by atoms with van der Waals surface area (Å²) in [4.78, 5) is 10.3. The first-order chi connectivity index (χ1) is 7.10. The molecule has 1 rings (SSSR count). The van der Waals surface area contributed by atoms with Crippen LogP contribution >= 0.6 is 27.5 Å². The van der Waals surface area contributed by atoms with Gasteiger partial charge in [-0.25, -0.2) is 4.98 Å². The van der Waals surface area contributed by atoms with Crippen molar-refractivity contribution in [1.82, 2.24) is 9.97 Å². The van der Waals surface area contributed by atoms with Crippen molar-refractivity contribution < 1.29 is 4.74 Å². The summed E-state index contributed by atoms with van der Waals surface area (Å²) in [6.45, 7) is 2.00. The molecule has 0 bridgehead atoms. The maximum absolute atomic E-state index is 5.76. The molecule has 0 aliphatic rings. The molecule has 0 amide bonds. The van der Waals surface area contributed by atoms with Crippen LogP contribution in [0.2, 0.25) is 0 Å². The van der Waals surface area contributed by atoms with Gasteiger partial charge < -0.3 is 9.64 Å². The van der Waals surface area contributed by atoms with Crippen molar-refractivity contribution >= 4 is 33.5 Å². The highest BCUT2D eigenvalue weighted by Crippen LogP contribution is 2.23. The Kier molecular flexibility index (Phi) is 4.60. The first-order valence-electron chi connectivity index (χ1n) is 4.45. The molecule has 0 saturated carbocycles. The molecule has 0 N–H and O–H groups in total. The lowest BCUT2D eigenvalue weighted by Crippen LogP contribution is -2.31. The van der Waals surface area contributed by atoms with Gasteiger partial charge in [0.2, 0.25) is 11.8 Å². The minimum absolute atomic E-state index is 0.178. The van der Waals surface area contributed by atoms with Gasteiger partial charge >= 0.3 is 0 Å². The Morgan fingerprint density at radius 1 is 1.67 bits per heavy atom. The fourth-order valence-corrected chi connectivity index (χ4v) is 1.52. The zero-order valence-electron chi connectivity index (χ0n) is 8.87. The summed E-state index contributed by atoms with van der Waals surface area (Å²) in [5.74, 6) is 1.65. The average Bonchev–Trinajstić information content (AvgIpc) is 2.27. The van der Waals surface area contributed by atoms with E-state index >= 15 is 0 Å². The van der Waals surface area contributed by atoms with Crippen LogP contribution in [0.3, 0.4) is 0 Å². The monoisotopic (exact) mass is 293 g/mol. The highest BCUT2D eigenvalue weighted by atomic mass is 79.9. The number of anilines is 1. The van der Waals surface area contributed by atoms with Crippen LogP contribution in [-0.4, -0.2) is 36.0 Å². The predicted octanol–water partition coefficient (Wildman–Crippen LogP) is 2.31. The molecule has 0 saturated heterocycles. The number of hydrogen-bond donors (Lipinski definition) is 0. The number of ether oxygens (including phenoxy) is 1. The molecule has 0 aliphatic carbocycles. The lowest BCUT2D eigenvalue weighted by Gasteiger charge is -2.23. The molecule has 0 spiro atoms. The van der Waals surface area contributed by atoms with Gasteiger partial charge in [0.1, 0.15) is 0 Å². The van der Waals surface area contributed by atoms with Gasteiger partial charge in [0.05, 0.1) is 17.8 Å². The number of rotatable bonds is 4. The normalized spacial score (nSPS) is 12.3. The van der Waals surface area contributed by atoms with Gasteiger partial charge in [0, 0.05) is 19.0 Å². The number of aromatic nitrogens is 2. The summed E-state index contributed by atoms with van der Waals surface area (Å²) in [7, 11) is 3.47. The van der Waals surface area contributed by atoms with Crippen LogP contribution < -0.4 is 9.64 Å². The van der Waals surface area contributed by atoms with Crippen LogP contribution in [0.5, 0.6) is 5.88 Å². The quantitative estimate of drug-likeness (QED) is 0.799. The largest absolute Gasteiger partial charge is 0.480 e. The Bertz CT molecular complexity index is 337. The number of halogens is 2. The predicted molar refractivity (Wildman–Crippen MR) is 64.9 cm³/mol. The van der Waals surface area contributed by atoms with Crippen molar-refractivity contribution in [1.29, 1.82) is 0 Å². The molecule has 1 aromatic heterocycles. The maximum Gasteiger partial charge on any atom is 0.232 e. The molecule has 0 fully saturated rings. The second-order valence-electron chi connectivity index (χ2n) is 3.14. The van der Waals surface area contributed by atoms with E-state index in [9.17, 15) is 0 Å². The van der Waals surface area contributed by atoms with Crippen molar-refractivity contribution in [2.45, 2.75) is 13.0 Å². The van der Waals surface area contributed by atoms with Gasteiger partial charge in [-0.3, -0.25) is 0 Å². The molecular formula is C9H13BrClN3O. The second-order valence-corrected chi connectivity index (χ2v) is 4.30. The molecule has 84 valence electrons. The molecule has 15 heavy (non-hydrogen) atoms. The minimum atomic E-state index is 0.178. The molecule has 0 aliphatic heterocycles. The minimum Gasteiger partial charge on any atom is -0.480 e. The lowest BCUT2D eigenvalue weighted by atomic mass is 10.3. The van der Waals surface area contributed by atoms with E-state index in [1.165, 1.54) is 0 Å². The van der Waals surface area contributed by atoms with Crippen molar-refractivity contribution in [3.05, 3.63) is 10.7 Å². The van der Waals surface area contributed by atoms with E-state index in [4.69, 9.17) is 16.3 Å². The third-order valence-electron chi connectivity index (χ3n) is 2.09. The van der Waals surface area contributed by atoms with E-state index < -0.39 is 0 Å². The number of methoxy groups -OCH3 is 1. The molecule has 1 aromatic rings. The third-order valence-corrected chi connectivity index (χ3v) is 3.08. The standard InChI is InChI=1S/C9H13BrClN3O/c1-6(4-11)14(2)9-12-5-7(10)8(13-9)15-3/h5-6H,4H2,1-3H3. The SMILES string of the molecule is COc1nc(N(C)C(C)CCl)ncc1Br. The van der Waals surface area contributed by atoms with Crippen LogP contribution in [0, 0.1) is 0 Å². The molecule has 1 heterocycles. The Morgan fingerprint density at radius 3 is 2.87 bits per heavy atom. The summed E-state index contributed by atoms with van der Waals surface area (Å²) < 4.78 is 5.83. The van der Waals surface area contributed by atoms with E-state index in [1.54, 1.807) is 13.3 Å². The molecule has 0 radical (unpaired) electrons. The number of alkyl halides is 1. The van der Waals surface area contributed by atoms with Crippen LogP contribution in [0.1, 0.15) is 6.92 Å². The average molecular weight is 295 g/mol. The Morgan fingerprint density at radius 2 is 2.33 bits per heavy atom. The fraction of sp³-hybridized carbons (Fsp3) is 0.556. The summed E-state index contributed by atoms with van der Waals surface area (Å²) in [6.07, 6.45) is 1.67. The van der Waals surface area contributed by atoms with Crippen molar-refractivity contribution in [2.75, 3.05) is 24.9 Å². The zero-order valence-corrected chi connectivity index (χ0v) is 11.2. The first kappa shape index (κ1) is 12.5. The van der Waals surface area contributed by atoms with Crippen LogP contribution in [0.15, 0.2) is 10.7 Å². The molecular weight excluding hydrogens is 281 g/mol. The van der Waals surface area contributed by atoms with Gasteiger partial charge in [-0.1, -0.05) is 0 Å². The molecule has 1 atom stereocenters. The van der Waals surface area contributed by atoms with E-state index in [2.05, 4.69) is 25.9 Å². The van der Waals surface area contributed by atoms with Gasteiger partial charge in [0.25, 0.3) is 0 Å². The smallest absolute Gasteiger partial charge is 0.232 e. The zero-order chi connectivity index (χ0) is 11.4. The van der Waals surface area contributed by atoms with Crippen molar-refractivity contribution in [3.63, 3.8) is 0 Å². The van der Waals surface area contributed by atoms with Gasteiger partial charge in [0.15, 0.2) is 0 Å². The second kappa shape index (κ2) is 5.51. The topological polar surface area (TPSA) is 38.2 Å². The van der Waals surface area contributed by atoms with E-state index in [-0.39, 0.29) is 6.04 Å². The Labute approximate surface area is 103 Å². The van der Waals surface area contributed by atoms with E-state index in [0.29, 0.717) is 17.7 Å². The molecule has 1 unspecified atom stereocenters. The lowest BCUT2D eigenvalue weighted by molar-refractivity contribution is 0.393. The Balaban J connectivity index is 2.95. The van der Waals surface area contributed by atoms with Crippen LogP contribution in [-0.2, 0) is 0 Å². The summed E-state index contributed by atoms with van der Waals surface area (Å²) in [5, 5.41) is 0.